The van der Waals surface area contributed by atoms with Crippen LogP contribution in [0.3, 0.4) is 0 Å². The number of benzene rings is 1. The van der Waals surface area contributed by atoms with Crippen molar-refractivity contribution in [2.24, 2.45) is 7.05 Å². The minimum absolute atomic E-state index is 0.101. The molecule has 0 spiro atoms. The molecule has 0 aliphatic rings. The lowest BCUT2D eigenvalue weighted by atomic mass is 10.2. The number of imidazole rings is 1. The second-order valence-corrected chi connectivity index (χ2v) is 6.30. The van der Waals surface area contributed by atoms with Gasteiger partial charge in [0.25, 0.3) is 5.91 Å². The molecule has 0 saturated heterocycles. The Bertz CT molecular complexity index is 865. The maximum atomic E-state index is 12.8. The predicted octanol–water partition coefficient (Wildman–Crippen LogP) is 2.53. The fourth-order valence-electron chi connectivity index (χ4n) is 2.75. The lowest BCUT2D eigenvalue weighted by molar-refractivity contribution is 0.0770. The van der Waals surface area contributed by atoms with E-state index in [9.17, 15) is 4.79 Å². The molecule has 1 aromatic carbocycles. The first-order chi connectivity index (χ1) is 12.0. The molecule has 130 valence electrons. The van der Waals surface area contributed by atoms with Crippen LogP contribution >= 0.6 is 0 Å². The number of hydrogen-bond acceptors (Lipinski definition) is 4. The quantitative estimate of drug-likeness (QED) is 0.717. The maximum Gasteiger partial charge on any atom is 0.272 e. The summed E-state index contributed by atoms with van der Waals surface area (Å²) in [6, 6.07) is 10.1. The van der Waals surface area contributed by atoms with Crippen molar-refractivity contribution in [2.45, 2.75) is 26.4 Å². The molecule has 3 aromatic rings. The number of carbonyl (C=O) groups is 1. The number of amides is 1. The van der Waals surface area contributed by atoms with E-state index in [0.29, 0.717) is 12.2 Å². The predicted molar refractivity (Wildman–Crippen MR) is 94.8 cm³/mol. The van der Waals surface area contributed by atoms with Gasteiger partial charge in [0.1, 0.15) is 17.8 Å². The second kappa shape index (κ2) is 6.88. The zero-order valence-corrected chi connectivity index (χ0v) is 14.9. The maximum absolute atomic E-state index is 12.8. The van der Waals surface area contributed by atoms with Crippen LogP contribution in [0.25, 0.3) is 11.4 Å². The SMILES string of the molecule is CC(C)n1cnnc1CN(C)C(=O)c1cnc(-c2ccccc2)n1C. The van der Waals surface area contributed by atoms with Gasteiger partial charge in [0.15, 0.2) is 5.82 Å². The third-order valence-corrected chi connectivity index (χ3v) is 4.17. The fourth-order valence-corrected chi connectivity index (χ4v) is 2.75. The molecule has 25 heavy (non-hydrogen) atoms. The third-order valence-electron chi connectivity index (χ3n) is 4.17. The molecular formula is C18H22N6O. The van der Waals surface area contributed by atoms with Crippen molar-refractivity contribution in [3.8, 4) is 11.4 Å². The molecule has 1 amide bonds. The van der Waals surface area contributed by atoms with Crippen molar-refractivity contribution in [1.82, 2.24) is 29.2 Å². The highest BCUT2D eigenvalue weighted by Gasteiger charge is 2.20. The molecule has 0 atom stereocenters. The summed E-state index contributed by atoms with van der Waals surface area (Å²) >= 11 is 0. The standard InChI is InChI=1S/C18H22N6O/c1-13(2)24-12-20-21-16(24)11-22(3)18(25)15-10-19-17(23(15)4)14-8-6-5-7-9-14/h5-10,12-13H,11H2,1-4H3. The Morgan fingerprint density at radius 1 is 1.24 bits per heavy atom. The van der Waals surface area contributed by atoms with Gasteiger partial charge in [-0.3, -0.25) is 4.79 Å². The Hall–Kier alpha value is -2.96. The van der Waals surface area contributed by atoms with E-state index in [1.54, 1.807) is 24.5 Å². The van der Waals surface area contributed by atoms with Crippen LogP contribution in [-0.4, -0.2) is 42.2 Å². The molecule has 0 unspecified atom stereocenters. The summed E-state index contributed by atoms with van der Waals surface area (Å²) < 4.78 is 3.78. The van der Waals surface area contributed by atoms with E-state index in [4.69, 9.17) is 0 Å². The molecule has 3 rings (SSSR count). The summed E-state index contributed by atoms with van der Waals surface area (Å²) in [6.07, 6.45) is 3.31. The van der Waals surface area contributed by atoms with Gasteiger partial charge in [0.05, 0.1) is 12.7 Å². The van der Waals surface area contributed by atoms with Gasteiger partial charge >= 0.3 is 0 Å². The first kappa shape index (κ1) is 16.9. The molecular weight excluding hydrogens is 316 g/mol. The van der Waals surface area contributed by atoms with E-state index < -0.39 is 0 Å². The molecule has 2 aromatic heterocycles. The summed E-state index contributed by atoms with van der Waals surface area (Å²) in [5, 5.41) is 8.07. The fraction of sp³-hybridized carbons (Fsp3) is 0.333. The van der Waals surface area contributed by atoms with Crippen LogP contribution in [0.4, 0.5) is 0 Å². The highest BCUT2D eigenvalue weighted by atomic mass is 16.2. The van der Waals surface area contributed by atoms with Gasteiger partial charge < -0.3 is 14.0 Å². The van der Waals surface area contributed by atoms with Crippen LogP contribution in [0, 0.1) is 0 Å². The molecule has 2 heterocycles. The zero-order chi connectivity index (χ0) is 18.0. The molecule has 7 nitrogen and oxygen atoms in total. The first-order valence-corrected chi connectivity index (χ1v) is 8.20. The minimum atomic E-state index is -0.101. The summed E-state index contributed by atoms with van der Waals surface area (Å²) in [7, 11) is 3.61. The number of nitrogens with zero attached hydrogens (tertiary/aromatic N) is 6. The molecule has 0 aliphatic heterocycles. The zero-order valence-electron chi connectivity index (χ0n) is 14.9. The lowest BCUT2D eigenvalue weighted by Gasteiger charge is -2.18. The second-order valence-electron chi connectivity index (χ2n) is 6.30. The summed E-state index contributed by atoms with van der Waals surface area (Å²) in [6.45, 7) is 4.51. The largest absolute Gasteiger partial charge is 0.333 e. The van der Waals surface area contributed by atoms with Crippen molar-refractivity contribution in [3.63, 3.8) is 0 Å². The lowest BCUT2D eigenvalue weighted by Crippen LogP contribution is -2.29. The minimum Gasteiger partial charge on any atom is -0.333 e. The topological polar surface area (TPSA) is 68.8 Å². The van der Waals surface area contributed by atoms with Gasteiger partial charge in [-0.25, -0.2) is 4.98 Å². The molecule has 0 N–H and O–H groups in total. The van der Waals surface area contributed by atoms with Crippen LogP contribution in [0.2, 0.25) is 0 Å². The Kier molecular flexibility index (Phi) is 4.65. The van der Waals surface area contributed by atoms with Crippen molar-refractivity contribution in [1.29, 1.82) is 0 Å². The summed E-state index contributed by atoms with van der Waals surface area (Å²) in [5.74, 6) is 1.43. The van der Waals surface area contributed by atoms with Gasteiger partial charge in [-0.1, -0.05) is 30.3 Å². The van der Waals surface area contributed by atoms with Crippen LogP contribution in [0.5, 0.6) is 0 Å². The highest BCUT2D eigenvalue weighted by Crippen LogP contribution is 2.19. The average molecular weight is 338 g/mol. The van der Waals surface area contributed by atoms with Crippen molar-refractivity contribution in [3.05, 3.63) is 54.4 Å². The van der Waals surface area contributed by atoms with Gasteiger partial charge in [-0.15, -0.1) is 10.2 Å². The first-order valence-electron chi connectivity index (χ1n) is 8.20. The van der Waals surface area contributed by atoms with Crippen LogP contribution in [0.1, 0.15) is 36.2 Å². The van der Waals surface area contributed by atoms with Gasteiger partial charge in [0.2, 0.25) is 0 Å². The molecule has 7 heteroatoms. The highest BCUT2D eigenvalue weighted by molar-refractivity contribution is 5.93. The molecule has 0 radical (unpaired) electrons. The number of rotatable bonds is 5. The van der Waals surface area contributed by atoms with Crippen LogP contribution in [0.15, 0.2) is 42.9 Å². The van der Waals surface area contributed by atoms with E-state index >= 15 is 0 Å². The summed E-state index contributed by atoms with van der Waals surface area (Å²) in [5.41, 5.74) is 1.52. The number of hydrogen-bond donors (Lipinski definition) is 0. The van der Waals surface area contributed by atoms with Crippen LogP contribution in [-0.2, 0) is 13.6 Å². The van der Waals surface area contributed by atoms with Crippen molar-refractivity contribution >= 4 is 5.91 Å². The number of carbonyl (C=O) groups excluding carboxylic acids is 1. The number of aromatic nitrogens is 5. The van der Waals surface area contributed by atoms with Gasteiger partial charge in [-0.05, 0) is 13.8 Å². The van der Waals surface area contributed by atoms with E-state index in [1.165, 1.54) is 0 Å². The van der Waals surface area contributed by atoms with Crippen LogP contribution < -0.4 is 0 Å². The Labute approximate surface area is 146 Å². The Morgan fingerprint density at radius 3 is 2.64 bits per heavy atom. The van der Waals surface area contributed by atoms with E-state index in [0.717, 1.165) is 17.2 Å². The van der Waals surface area contributed by atoms with E-state index in [1.807, 2.05) is 46.5 Å². The molecule has 0 saturated carbocycles. The van der Waals surface area contributed by atoms with Gasteiger partial charge in [0, 0.05) is 25.7 Å². The smallest absolute Gasteiger partial charge is 0.272 e. The average Bonchev–Trinajstić information content (AvgIpc) is 3.21. The van der Waals surface area contributed by atoms with Crippen molar-refractivity contribution in [2.75, 3.05) is 7.05 Å². The Morgan fingerprint density at radius 2 is 1.96 bits per heavy atom. The van der Waals surface area contributed by atoms with E-state index in [2.05, 4.69) is 29.0 Å². The van der Waals surface area contributed by atoms with Gasteiger partial charge in [-0.2, -0.15) is 0 Å². The third kappa shape index (κ3) is 3.31. The monoisotopic (exact) mass is 338 g/mol. The molecule has 0 aliphatic carbocycles. The summed E-state index contributed by atoms with van der Waals surface area (Å²) in [4.78, 5) is 18.9. The van der Waals surface area contributed by atoms with E-state index in [-0.39, 0.29) is 11.9 Å². The van der Waals surface area contributed by atoms with Crippen molar-refractivity contribution < 1.29 is 4.79 Å². The Balaban J connectivity index is 1.81. The molecule has 0 bridgehead atoms. The normalized spacial score (nSPS) is 11.1. The molecule has 0 fully saturated rings.